The van der Waals surface area contributed by atoms with Crippen molar-refractivity contribution >= 4 is 0 Å². The molecule has 0 saturated carbocycles. The van der Waals surface area contributed by atoms with Crippen LogP contribution in [0.4, 0.5) is 0 Å². The molecule has 1 aromatic heterocycles. The fraction of sp³-hybridized carbons (Fsp3) is 0.400. The average Bonchev–Trinajstić information content (AvgIpc) is 2.19. The van der Waals surface area contributed by atoms with Gasteiger partial charge in [0.25, 0.3) is 6.39 Å². The van der Waals surface area contributed by atoms with Gasteiger partial charge >= 0.3 is 0 Å². The van der Waals surface area contributed by atoms with Crippen molar-refractivity contribution in [2.75, 3.05) is 7.05 Å². The van der Waals surface area contributed by atoms with Gasteiger partial charge in [-0.05, 0) is 7.05 Å². The first-order valence-corrected chi connectivity index (χ1v) is 2.38. The maximum absolute atomic E-state index is 4.59. The lowest BCUT2D eigenvalue weighted by Gasteiger charge is -1.86. The van der Waals surface area contributed by atoms with Gasteiger partial charge in [-0.3, -0.25) is 0 Å². The van der Waals surface area contributed by atoms with Gasteiger partial charge in [0.1, 0.15) is 6.26 Å². The van der Waals surface area contributed by atoms with Gasteiger partial charge in [-0.25, -0.2) is 4.98 Å². The zero-order chi connectivity index (χ0) is 5.82. The largest absolute Gasteiger partial charge is 0.441 e. The summed E-state index contributed by atoms with van der Waals surface area (Å²) in [7, 11) is 1.86. The number of aromatic nitrogens is 1. The summed E-state index contributed by atoms with van der Waals surface area (Å²) in [4.78, 5) is 3.75. The molecule has 0 spiro atoms. The van der Waals surface area contributed by atoms with Gasteiger partial charge in [-0.2, -0.15) is 0 Å². The highest BCUT2D eigenvalue weighted by Gasteiger charge is 1.90. The van der Waals surface area contributed by atoms with Crippen LogP contribution >= 0.6 is 0 Å². The quantitative estimate of drug-likeness (QED) is 0.592. The van der Waals surface area contributed by atoms with E-state index in [-0.39, 0.29) is 0 Å². The van der Waals surface area contributed by atoms with Crippen LogP contribution in [0.3, 0.4) is 0 Å². The van der Waals surface area contributed by atoms with Gasteiger partial charge in [-0.1, -0.05) is 0 Å². The molecule has 0 unspecified atom stereocenters. The summed E-state index contributed by atoms with van der Waals surface area (Å²) in [6.07, 6.45) is 3.92. The van der Waals surface area contributed by atoms with Crippen molar-refractivity contribution in [1.82, 2.24) is 10.3 Å². The van der Waals surface area contributed by atoms with E-state index in [1.54, 1.807) is 6.26 Å². The Balaban J connectivity index is 2.50. The summed E-state index contributed by atoms with van der Waals surface area (Å²) in [6, 6.07) is 0. The number of nitrogens with zero attached hydrogens (tertiary/aromatic N) is 1. The maximum atomic E-state index is 4.59. The van der Waals surface area contributed by atoms with Gasteiger partial charge in [0.2, 0.25) is 0 Å². The highest BCUT2D eigenvalue weighted by Crippen LogP contribution is 1.89. The Kier molecular flexibility index (Phi) is 1.64. The minimum Gasteiger partial charge on any atom is -0.441 e. The first-order valence-electron chi connectivity index (χ1n) is 2.38. The molecule has 1 aromatic rings. The molecule has 0 aromatic carbocycles. The van der Waals surface area contributed by atoms with Crippen molar-refractivity contribution in [3.8, 4) is 0 Å². The lowest BCUT2D eigenvalue weighted by atomic mass is 10.5. The molecule has 0 fully saturated rings. The summed E-state index contributed by atoms with van der Waals surface area (Å²) in [6.45, 7) is 0.743. The maximum Gasteiger partial charge on any atom is 0.283 e. The van der Waals surface area contributed by atoms with Gasteiger partial charge < -0.3 is 9.73 Å². The number of nitrogens with one attached hydrogen (secondary N) is 1. The van der Waals surface area contributed by atoms with E-state index in [1.807, 2.05) is 7.05 Å². The van der Waals surface area contributed by atoms with Gasteiger partial charge in [-0.15, -0.1) is 0 Å². The first kappa shape index (κ1) is 5.31. The van der Waals surface area contributed by atoms with E-state index in [4.69, 9.17) is 0 Å². The van der Waals surface area contributed by atoms with E-state index in [1.165, 1.54) is 0 Å². The van der Waals surface area contributed by atoms with Crippen LogP contribution in [0, 0.1) is 6.39 Å². The van der Waals surface area contributed by atoms with Crippen LogP contribution in [0.2, 0.25) is 0 Å². The standard InChI is InChI=1S/C5H7N2O/c1-6-2-5-3-8-4-7-5/h3,6H,2H2,1H3. The molecule has 0 atom stereocenters. The summed E-state index contributed by atoms with van der Waals surface area (Å²) in [5.74, 6) is 0. The molecular weight excluding hydrogens is 104 g/mol. The Morgan fingerprint density at radius 2 is 2.88 bits per heavy atom. The molecule has 0 aliphatic heterocycles. The predicted octanol–water partition coefficient (Wildman–Crippen LogP) is 0.194. The van der Waals surface area contributed by atoms with Crippen LogP contribution in [0.5, 0.6) is 0 Å². The summed E-state index contributed by atoms with van der Waals surface area (Å²) >= 11 is 0. The minimum atomic E-state index is 0.743. The van der Waals surface area contributed by atoms with E-state index < -0.39 is 0 Å². The van der Waals surface area contributed by atoms with E-state index in [9.17, 15) is 0 Å². The number of oxazole rings is 1. The van der Waals surface area contributed by atoms with Gasteiger partial charge in [0, 0.05) is 6.54 Å². The third kappa shape index (κ3) is 1.07. The third-order valence-electron chi connectivity index (χ3n) is 0.795. The Morgan fingerprint density at radius 3 is 3.38 bits per heavy atom. The molecule has 0 saturated heterocycles. The molecule has 3 nitrogen and oxygen atoms in total. The van der Waals surface area contributed by atoms with Crippen molar-refractivity contribution in [2.24, 2.45) is 0 Å². The van der Waals surface area contributed by atoms with Crippen molar-refractivity contribution < 1.29 is 4.42 Å². The highest BCUT2D eigenvalue weighted by atomic mass is 16.3. The van der Waals surface area contributed by atoms with Crippen LogP contribution in [0.1, 0.15) is 5.69 Å². The SMILES string of the molecule is CNCc1co[c]n1. The molecule has 3 heteroatoms. The zero-order valence-corrected chi connectivity index (χ0v) is 4.64. The van der Waals surface area contributed by atoms with Gasteiger partial charge in [0.05, 0.1) is 5.69 Å². The molecule has 1 radical (unpaired) electrons. The van der Waals surface area contributed by atoms with Crippen molar-refractivity contribution in [3.63, 3.8) is 0 Å². The summed E-state index contributed by atoms with van der Waals surface area (Å²) < 4.78 is 4.59. The molecule has 1 heterocycles. The molecule has 0 aliphatic rings. The van der Waals surface area contributed by atoms with Crippen molar-refractivity contribution in [3.05, 3.63) is 18.4 Å². The van der Waals surface area contributed by atoms with Crippen molar-refractivity contribution in [1.29, 1.82) is 0 Å². The molecule has 43 valence electrons. The molecule has 8 heavy (non-hydrogen) atoms. The Hall–Kier alpha value is -0.830. The molecule has 0 amide bonds. The number of rotatable bonds is 2. The van der Waals surface area contributed by atoms with E-state index in [0.29, 0.717) is 0 Å². The van der Waals surface area contributed by atoms with Crippen LogP contribution in [-0.2, 0) is 6.54 Å². The fourth-order valence-corrected chi connectivity index (χ4v) is 0.468. The molecule has 1 rings (SSSR count). The zero-order valence-electron chi connectivity index (χ0n) is 4.64. The second-order valence-corrected chi connectivity index (χ2v) is 1.46. The lowest BCUT2D eigenvalue weighted by Crippen LogP contribution is -2.04. The molecule has 0 aliphatic carbocycles. The monoisotopic (exact) mass is 111 g/mol. The predicted molar refractivity (Wildman–Crippen MR) is 28.1 cm³/mol. The topological polar surface area (TPSA) is 38.1 Å². The van der Waals surface area contributed by atoms with Crippen LogP contribution in [-0.4, -0.2) is 12.0 Å². The van der Waals surface area contributed by atoms with Crippen LogP contribution in [0.15, 0.2) is 10.7 Å². The smallest absolute Gasteiger partial charge is 0.283 e. The Labute approximate surface area is 47.7 Å². The third-order valence-corrected chi connectivity index (χ3v) is 0.795. The van der Waals surface area contributed by atoms with Crippen LogP contribution < -0.4 is 5.32 Å². The molecular formula is C5H7N2O. The van der Waals surface area contributed by atoms with Crippen molar-refractivity contribution in [2.45, 2.75) is 6.54 Å². The van der Waals surface area contributed by atoms with Gasteiger partial charge in [0.15, 0.2) is 0 Å². The van der Waals surface area contributed by atoms with E-state index in [2.05, 4.69) is 21.1 Å². The van der Waals surface area contributed by atoms with E-state index >= 15 is 0 Å². The van der Waals surface area contributed by atoms with Crippen LogP contribution in [0.25, 0.3) is 0 Å². The fourth-order valence-electron chi connectivity index (χ4n) is 0.468. The minimum absolute atomic E-state index is 0.743. The lowest BCUT2D eigenvalue weighted by molar-refractivity contribution is 0.546. The highest BCUT2D eigenvalue weighted by molar-refractivity contribution is 4.88. The number of hydrogen-bond acceptors (Lipinski definition) is 3. The Morgan fingerprint density at radius 1 is 2.00 bits per heavy atom. The second kappa shape index (κ2) is 2.47. The average molecular weight is 111 g/mol. The van der Waals surface area contributed by atoms with E-state index in [0.717, 1.165) is 12.2 Å². The normalized spacial score (nSPS) is 9.62. The second-order valence-electron chi connectivity index (χ2n) is 1.46. The Bertz CT molecular complexity index is 136. The first-order chi connectivity index (χ1) is 3.93. The number of hydrogen-bond donors (Lipinski definition) is 1. The summed E-state index contributed by atoms with van der Waals surface area (Å²) in [5.41, 5.74) is 0.882. The molecule has 0 bridgehead atoms. The molecule has 1 N–H and O–H groups in total. The summed E-state index contributed by atoms with van der Waals surface area (Å²) in [5, 5.41) is 2.93.